The van der Waals surface area contributed by atoms with Crippen LogP contribution in [0.5, 0.6) is 0 Å². The van der Waals surface area contributed by atoms with Crippen LogP contribution in [0.15, 0.2) is 33.8 Å². The zero-order chi connectivity index (χ0) is 14.0. The Kier molecular flexibility index (Phi) is 3.88. The van der Waals surface area contributed by atoms with Crippen LogP contribution < -0.4 is 0 Å². The van der Waals surface area contributed by atoms with Gasteiger partial charge in [0.15, 0.2) is 0 Å². The molecule has 0 saturated carbocycles. The van der Waals surface area contributed by atoms with Crippen molar-refractivity contribution < 1.29 is 4.42 Å². The second-order valence-electron chi connectivity index (χ2n) is 4.95. The van der Waals surface area contributed by atoms with Crippen LogP contribution in [0.4, 0.5) is 5.82 Å². The van der Waals surface area contributed by atoms with E-state index < -0.39 is 0 Å². The topological polar surface area (TPSA) is 30.4 Å². The minimum atomic E-state index is 0.0700. The van der Waals surface area contributed by atoms with Crippen LogP contribution >= 0.6 is 23.4 Å². The van der Waals surface area contributed by atoms with Crippen LogP contribution in [0.1, 0.15) is 20.8 Å². The molecule has 0 fully saturated rings. The number of aromatic nitrogens is 1. The van der Waals surface area contributed by atoms with Crippen molar-refractivity contribution in [3.05, 3.63) is 40.9 Å². The quantitative estimate of drug-likeness (QED) is 0.545. The average molecular weight is 293 g/mol. The first kappa shape index (κ1) is 14.0. The maximum absolute atomic E-state index is 6.90. The molecule has 0 unspecified atom stereocenters. The zero-order valence-corrected chi connectivity index (χ0v) is 12.5. The number of nitrogens with zero attached hydrogens (tertiary/aromatic N) is 2. The molecule has 0 bridgehead atoms. The third-order valence-electron chi connectivity index (χ3n) is 2.22. The van der Waals surface area contributed by atoms with Crippen LogP contribution in [-0.2, 0) is 0 Å². The first-order valence-electron chi connectivity index (χ1n) is 5.71. The van der Waals surface area contributed by atoms with Crippen molar-refractivity contribution in [2.45, 2.75) is 30.4 Å². The van der Waals surface area contributed by atoms with Gasteiger partial charge in [-0.3, -0.25) is 0 Å². The van der Waals surface area contributed by atoms with E-state index in [1.165, 1.54) is 6.26 Å². The summed E-state index contributed by atoms with van der Waals surface area (Å²) in [5.41, 5.74) is 0.714. The molecule has 0 radical (unpaired) electrons. The van der Waals surface area contributed by atoms with Gasteiger partial charge < -0.3 is 9.26 Å². The Labute approximate surface area is 121 Å². The molecule has 0 amide bonds. The Balaban J connectivity index is 2.43. The number of hydrogen-bond acceptors (Lipinski definition) is 3. The molecule has 0 aliphatic rings. The molecule has 0 atom stereocenters. The van der Waals surface area contributed by atoms with Crippen LogP contribution in [-0.4, -0.2) is 9.73 Å². The third-order valence-corrected chi connectivity index (χ3v) is 3.91. The number of oxazole rings is 1. The molecule has 2 rings (SSSR count). The second-order valence-corrected chi connectivity index (χ2v) is 7.20. The third kappa shape index (κ3) is 3.31. The lowest BCUT2D eigenvalue weighted by Crippen LogP contribution is -2.06. The smallest absolute Gasteiger partial charge is 0.322 e. The molecule has 98 valence electrons. The van der Waals surface area contributed by atoms with Crippen molar-refractivity contribution in [2.75, 3.05) is 0 Å². The van der Waals surface area contributed by atoms with E-state index >= 15 is 0 Å². The first-order chi connectivity index (χ1) is 8.90. The average Bonchev–Trinajstić information content (AvgIpc) is 2.78. The van der Waals surface area contributed by atoms with E-state index in [4.69, 9.17) is 22.6 Å². The van der Waals surface area contributed by atoms with Gasteiger partial charge in [0.25, 0.3) is 0 Å². The molecular formula is C14H13ClN2OS. The minimum Gasteiger partial charge on any atom is -0.439 e. The van der Waals surface area contributed by atoms with Gasteiger partial charge in [-0.1, -0.05) is 50.0 Å². The normalized spacial score (nSPS) is 11.3. The van der Waals surface area contributed by atoms with Gasteiger partial charge >= 0.3 is 11.7 Å². The summed E-state index contributed by atoms with van der Waals surface area (Å²) >= 11 is 8.09. The molecule has 3 nitrogen and oxygen atoms in total. The van der Waals surface area contributed by atoms with Gasteiger partial charge in [-0.2, -0.15) is 0 Å². The van der Waals surface area contributed by atoms with Crippen molar-refractivity contribution in [2.24, 2.45) is 0 Å². The Morgan fingerprint density at radius 3 is 2.68 bits per heavy atom. The summed E-state index contributed by atoms with van der Waals surface area (Å²) in [6, 6.07) is 5.73. The summed E-state index contributed by atoms with van der Waals surface area (Å²) in [5.74, 6) is 0.618. The highest BCUT2D eigenvalue weighted by Gasteiger charge is 2.20. The lowest BCUT2D eigenvalue weighted by atomic mass is 10.2. The summed E-state index contributed by atoms with van der Waals surface area (Å²) in [6.45, 7) is 13.3. The highest BCUT2D eigenvalue weighted by molar-refractivity contribution is 8.00. The standard InChI is InChI=1S/C14H13ClN2OS/c1-14(2,3)19-10-7-5-6-9(12(10)15)13-17-11(16-4)8-18-13/h5-8H,1-3H3. The monoisotopic (exact) mass is 292 g/mol. The molecule has 1 heterocycles. The first-order valence-corrected chi connectivity index (χ1v) is 6.91. The van der Waals surface area contributed by atoms with Crippen LogP contribution in [0.25, 0.3) is 16.3 Å². The Bertz CT molecular complexity index is 638. The highest BCUT2D eigenvalue weighted by Crippen LogP contribution is 2.40. The predicted molar refractivity (Wildman–Crippen MR) is 78.8 cm³/mol. The molecular weight excluding hydrogens is 280 g/mol. The highest BCUT2D eigenvalue weighted by atomic mass is 35.5. The van der Waals surface area contributed by atoms with Gasteiger partial charge in [-0.05, 0) is 12.1 Å². The van der Waals surface area contributed by atoms with E-state index in [0.717, 1.165) is 4.90 Å². The number of rotatable bonds is 2. The molecule has 0 saturated heterocycles. The predicted octanol–water partition coefficient (Wildman–Crippen LogP) is 5.44. The molecule has 0 aliphatic heterocycles. The Hall–Kier alpha value is -1.44. The van der Waals surface area contributed by atoms with Crippen LogP contribution in [0, 0.1) is 6.57 Å². The largest absolute Gasteiger partial charge is 0.439 e. The second kappa shape index (κ2) is 5.28. The summed E-state index contributed by atoms with van der Waals surface area (Å²) in [5, 5.41) is 0.612. The summed E-state index contributed by atoms with van der Waals surface area (Å²) in [4.78, 5) is 8.29. The fourth-order valence-corrected chi connectivity index (χ4v) is 2.85. The molecule has 1 aromatic carbocycles. The molecule has 0 N–H and O–H groups in total. The van der Waals surface area contributed by atoms with Crippen molar-refractivity contribution in [3.63, 3.8) is 0 Å². The fraction of sp³-hybridized carbons (Fsp3) is 0.286. The lowest BCUT2D eigenvalue weighted by Gasteiger charge is -2.18. The summed E-state index contributed by atoms with van der Waals surface area (Å²) < 4.78 is 5.36. The number of thioether (sulfide) groups is 1. The fourth-order valence-electron chi connectivity index (χ4n) is 1.52. The summed E-state index contributed by atoms with van der Waals surface area (Å²) in [6.07, 6.45) is 1.34. The number of hydrogen-bond donors (Lipinski definition) is 0. The zero-order valence-electron chi connectivity index (χ0n) is 10.9. The molecule has 5 heteroatoms. The van der Waals surface area contributed by atoms with Gasteiger partial charge in [-0.15, -0.1) is 11.8 Å². The van der Waals surface area contributed by atoms with Gasteiger partial charge in [0.2, 0.25) is 0 Å². The molecule has 2 aromatic rings. The molecule has 0 spiro atoms. The maximum atomic E-state index is 6.90. The van der Waals surface area contributed by atoms with E-state index in [1.54, 1.807) is 11.8 Å². The van der Waals surface area contributed by atoms with Crippen LogP contribution in [0.2, 0.25) is 5.02 Å². The van der Waals surface area contributed by atoms with Crippen molar-refractivity contribution in [3.8, 4) is 11.5 Å². The van der Waals surface area contributed by atoms with Gasteiger partial charge in [-0.25, -0.2) is 0 Å². The summed E-state index contributed by atoms with van der Waals surface area (Å²) in [7, 11) is 0. The molecule has 0 aliphatic carbocycles. The maximum Gasteiger partial charge on any atom is 0.322 e. The van der Waals surface area contributed by atoms with E-state index in [2.05, 4.69) is 30.6 Å². The van der Waals surface area contributed by atoms with Crippen molar-refractivity contribution >= 4 is 29.2 Å². The van der Waals surface area contributed by atoms with E-state index in [1.807, 2.05) is 18.2 Å². The lowest BCUT2D eigenvalue weighted by molar-refractivity contribution is 0.575. The number of halogens is 1. The van der Waals surface area contributed by atoms with Gasteiger partial charge in [0, 0.05) is 9.64 Å². The Morgan fingerprint density at radius 1 is 1.37 bits per heavy atom. The SMILES string of the molecule is [C-]#[N+]c1coc(-c2cccc(SC(C)(C)C)c2Cl)n1. The minimum absolute atomic E-state index is 0.0700. The number of benzene rings is 1. The van der Waals surface area contributed by atoms with Crippen LogP contribution in [0.3, 0.4) is 0 Å². The van der Waals surface area contributed by atoms with E-state index in [9.17, 15) is 0 Å². The van der Waals surface area contributed by atoms with Crippen molar-refractivity contribution in [1.82, 2.24) is 4.98 Å². The van der Waals surface area contributed by atoms with Gasteiger partial charge in [0.1, 0.15) is 6.26 Å². The van der Waals surface area contributed by atoms with E-state index in [0.29, 0.717) is 16.5 Å². The van der Waals surface area contributed by atoms with Crippen molar-refractivity contribution in [1.29, 1.82) is 0 Å². The molecule has 19 heavy (non-hydrogen) atoms. The molecule has 1 aromatic heterocycles. The van der Waals surface area contributed by atoms with E-state index in [-0.39, 0.29) is 10.6 Å². The Morgan fingerprint density at radius 2 is 2.11 bits per heavy atom. The van der Waals surface area contributed by atoms with Gasteiger partial charge in [0.05, 0.1) is 10.6 Å².